The van der Waals surface area contributed by atoms with Crippen LogP contribution in [0.15, 0.2) is 16.8 Å². The summed E-state index contributed by atoms with van der Waals surface area (Å²) in [5.74, 6) is 0.926. The van der Waals surface area contributed by atoms with Crippen molar-refractivity contribution in [3.05, 3.63) is 22.4 Å². The first kappa shape index (κ1) is 12.1. The lowest BCUT2D eigenvalue weighted by molar-refractivity contribution is 0.202. The number of likely N-dealkylation sites (N-methyl/N-ethyl adjacent to an activating group) is 1. The van der Waals surface area contributed by atoms with E-state index in [1.165, 1.54) is 24.9 Å². The molecule has 0 radical (unpaired) electrons. The van der Waals surface area contributed by atoms with Crippen LogP contribution in [-0.2, 0) is 0 Å². The molecule has 0 aliphatic heterocycles. The van der Waals surface area contributed by atoms with Crippen molar-refractivity contribution in [2.75, 3.05) is 13.6 Å². The van der Waals surface area contributed by atoms with E-state index in [1.807, 2.05) is 0 Å². The molecule has 2 N–H and O–H groups in total. The van der Waals surface area contributed by atoms with Gasteiger partial charge < -0.3 is 5.73 Å². The second-order valence-electron chi connectivity index (χ2n) is 4.96. The largest absolute Gasteiger partial charge is 0.326 e. The van der Waals surface area contributed by atoms with E-state index in [1.54, 1.807) is 11.3 Å². The van der Waals surface area contributed by atoms with E-state index in [-0.39, 0.29) is 6.04 Å². The molecule has 2 nitrogen and oxygen atoms in total. The van der Waals surface area contributed by atoms with E-state index in [9.17, 15) is 0 Å². The number of thiophene rings is 1. The molecule has 1 saturated carbocycles. The van der Waals surface area contributed by atoms with Crippen molar-refractivity contribution in [3.8, 4) is 0 Å². The molecule has 90 valence electrons. The fourth-order valence-corrected chi connectivity index (χ4v) is 3.01. The summed E-state index contributed by atoms with van der Waals surface area (Å²) in [4.78, 5) is 2.45. The van der Waals surface area contributed by atoms with Crippen LogP contribution in [0.1, 0.15) is 37.8 Å². The first-order valence-electron chi connectivity index (χ1n) is 6.20. The summed E-state index contributed by atoms with van der Waals surface area (Å²) in [5, 5.41) is 4.39. The molecule has 3 heteroatoms. The Balaban J connectivity index is 2.06. The predicted molar refractivity (Wildman–Crippen MR) is 70.7 cm³/mol. The van der Waals surface area contributed by atoms with Crippen LogP contribution in [0.3, 0.4) is 0 Å². The average Bonchev–Trinajstić information content (AvgIpc) is 2.92. The molecule has 1 heterocycles. The van der Waals surface area contributed by atoms with Gasteiger partial charge in [-0.2, -0.15) is 11.3 Å². The number of hydrogen-bond acceptors (Lipinski definition) is 3. The van der Waals surface area contributed by atoms with Crippen LogP contribution < -0.4 is 5.73 Å². The highest BCUT2D eigenvalue weighted by molar-refractivity contribution is 7.07. The summed E-state index contributed by atoms with van der Waals surface area (Å²) in [6.07, 6.45) is 3.85. The van der Waals surface area contributed by atoms with Crippen molar-refractivity contribution in [2.24, 2.45) is 11.7 Å². The summed E-state index contributed by atoms with van der Waals surface area (Å²) < 4.78 is 0. The van der Waals surface area contributed by atoms with E-state index in [0.29, 0.717) is 6.04 Å². The van der Waals surface area contributed by atoms with Crippen LogP contribution in [0.5, 0.6) is 0 Å². The highest BCUT2D eigenvalue weighted by Crippen LogP contribution is 2.33. The lowest BCUT2D eigenvalue weighted by Crippen LogP contribution is -2.39. The van der Waals surface area contributed by atoms with Gasteiger partial charge in [0, 0.05) is 12.6 Å². The van der Waals surface area contributed by atoms with Crippen LogP contribution in [0, 0.1) is 5.92 Å². The SMILES string of the molecule is CCC(N)C(c1ccsc1)N(C)CC1CC1. The van der Waals surface area contributed by atoms with Gasteiger partial charge in [-0.15, -0.1) is 0 Å². The van der Waals surface area contributed by atoms with Crippen molar-refractivity contribution in [2.45, 2.75) is 38.3 Å². The standard InChI is InChI=1S/C13H22N2S/c1-3-12(14)13(11-6-7-16-9-11)15(2)8-10-4-5-10/h6-7,9-10,12-13H,3-5,8,14H2,1-2H3. The Bertz CT molecular complexity index is 306. The molecule has 1 aliphatic rings. The molecule has 0 spiro atoms. The normalized spacial score (nSPS) is 20.0. The molecular weight excluding hydrogens is 216 g/mol. The van der Waals surface area contributed by atoms with Gasteiger partial charge in [-0.1, -0.05) is 6.92 Å². The summed E-state index contributed by atoms with van der Waals surface area (Å²) >= 11 is 1.77. The van der Waals surface area contributed by atoms with Gasteiger partial charge in [0.1, 0.15) is 0 Å². The predicted octanol–water partition coefficient (Wildman–Crippen LogP) is 2.87. The molecule has 1 aromatic heterocycles. The molecule has 0 saturated heterocycles. The minimum atomic E-state index is 0.248. The molecule has 2 atom stereocenters. The molecule has 2 unspecified atom stereocenters. The quantitative estimate of drug-likeness (QED) is 0.825. The average molecular weight is 238 g/mol. The first-order valence-corrected chi connectivity index (χ1v) is 7.14. The van der Waals surface area contributed by atoms with Crippen molar-refractivity contribution in [1.82, 2.24) is 4.90 Å². The van der Waals surface area contributed by atoms with E-state index < -0.39 is 0 Å². The Morgan fingerprint density at radius 2 is 2.31 bits per heavy atom. The fraction of sp³-hybridized carbons (Fsp3) is 0.692. The molecule has 2 rings (SSSR count). The summed E-state index contributed by atoms with van der Waals surface area (Å²) in [6.45, 7) is 3.38. The molecular formula is C13H22N2S. The number of nitrogens with zero attached hydrogens (tertiary/aromatic N) is 1. The van der Waals surface area contributed by atoms with E-state index in [0.717, 1.165) is 12.3 Å². The minimum Gasteiger partial charge on any atom is -0.326 e. The van der Waals surface area contributed by atoms with Gasteiger partial charge in [0.2, 0.25) is 0 Å². The van der Waals surface area contributed by atoms with E-state index >= 15 is 0 Å². The van der Waals surface area contributed by atoms with Gasteiger partial charge in [-0.25, -0.2) is 0 Å². The minimum absolute atomic E-state index is 0.248. The lowest BCUT2D eigenvalue weighted by atomic mass is 9.99. The Labute approximate surface area is 102 Å². The third kappa shape index (κ3) is 2.84. The van der Waals surface area contributed by atoms with Crippen LogP contribution in [0.2, 0.25) is 0 Å². The second-order valence-corrected chi connectivity index (χ2v) is 5.74. The van der Waals surface area contributed by atoms with E-state index in [2.05, 4.69) is 35.7 Å². The maximum atomic E-state index is 6.27. The number of nitrogens with two attached hydrogens (primary N) is 1. The Morgan fingerprint density at radius 1 is 1.56 bits per heavy atom. The maximum absolute atomic E-state index is 6.27. The molecule has 0 aromatic carbocycles. The Hall–Kier alpha value is -0.380. The van der Waals surface area contributed by atoms with Gasteiger partial charge in [0.15, 0.2) is 0 Å². The third-order valence-corrected chi connectivity index (χ3v) is 4.18. The fourth-order valence-electron chi connectivity index (χ4n) is 2.32. The van der Waals surface area contributed by atoms with Gasteiger partial charge >= 0.3 is 0 Å². The van der Waals surface area contributed by atoms with Crippen LogP contribution >= 0.6 is 11.3 Å². The highest BCUT2D eigenvalue weighted by Gasteiger charge is 2.29. The Morgan fingerprint density at radius 3 is 2.81 bits per heavy atom. The molecule has 1 aromatic rings. The van der Waals surface area contributed by atoms with Crippen LogP contribution in [-0.4, -0.2) is 24.5 Å². The topological polar surface area (TPSA) is 29.3 Å². The first-order chi connectivity index (χ1) is 7.72. The van der Waals surface area contributed by atoms with Gasteiger partial charge in [-0.05, 0) is 54.6 Å². The third-order valence-electron chi connectivity index (χ3n) is 3.48. The van der Waals surface area contributed by atoms with Gasteiger partial charge in [0.05, 0.1) is 6.04 Å². The molecule has 16 heavy (non-hydrogen) atoms. The molecule has 0 amide bonds. The van der Waals surface area contributed by atoms with Crippen molar-refractivity contribution >= 4 is 11.3 Å². The molecule has 0 bridgehead atoms. The Kier molecular flexibility index (Phi) is 4.00. The van der Waals surface area contributed by atoms with Crippen LogP contribution in [0.4, 0.5) is 0 Å². The maximum Gasteiger partial charge on any atom is 0.0504 e. The lowest BCUT2D eigenvalue weighted by Gasteiger charge is -2.32. The van der Waals surface area contributed by atoms with Crippen molar-refractivity contribution in [3.63, 3.8) is 0 Å². The van der Waals surface area contributed by atoms with Crippen molar-refractivity contribution < 1.29 is 0 Å². The zero-order chi connectivity index (χ0) is 11.5. The molecule has 1 fully saturated rings. The zero-order valence-corrected chi connectivity index (χ0v) is 11.0. The zero-order valence-electron chi connectivity index (χ0n) is 10.2. The smallest absolute Gasteiger partial charge is 0.0504 e. The molecule has 1 aliphatic carbocycles. The summed E-state index contributed by atoms with van der Waals surface area (Å²) in [7, 11) is 2.22. The monoisotopic (exact) mass is 238 g/mol. The van der Waals surface area contributed by atoms with Gasteiger partial charge in [-0.3, -0.25) is 4.90 Å². The van der Waals surface area contributed by atoms with E-state index in [4.69, 9.17) is 5.73 Å². The second kappa shape index (κ2) is 5.30. The van der Waals surface area contributed by atoms with Crippen molar-refractivity contribution in [1.29, 1.82) is 0 Å². The number of hydrogen-bond donors (Lipinski definition) is 1. The summed E-state index contributed by atoms with van der Waals surface area (Å²) in [5.41, 5.74) is 7.66. The summed E-state index contributed by atoms with van der Waals surface area (Å²) in [6, 6.07) is 2.86. The van der Waals surface area contributed by atoms with Crippen LogP contribution in [0.25, 0.3) is 0 Å². The number of rotatable bonds is 6. The highest BCUT2D eigenvalue weighted by atomic mass is 32.1. The van der Waals surface area contributed by atoms with Gasteiger partial charge in [0.25, 0.3) is 0 Å².